The SMILES string of the molecule is COc1cc(N2CCN(C(C)=O)CC2)c(N)cc1Nc1ncc(Cl)c(-c2cnc3ccccn23)n1. The summed E-state index contributed by atoms with van der Waals surface area (Å²) in [6, 6.07) is 9.44. The third-order valence-electron chi connectivity index (χ3n) is 6.06. The number of methoxy groups -OCH3 is 1. The molecule has 0 atom stereocenters. The summed E-state index contributed by atoms with van der Waals surface area (Å²) in [6.07, 6.45) is 5.18. The van der Waals surface area contributed by atoms with Crippen LogP contribution >= 0.6 is 11.6 Å². The fourth-order valence-electron chi connectivity index (χ4n) is 4.22. The molecule has 3 N–H and O–H groups in total. The minimum Gasteiger partial charge on any atom is -0.494 e. The van der Waals surface area contributed by atoms with Crippen molar-refractivity contribution >= 4 is 46.2 Å². The van der Waals surface area contributed by atoms with Gasteiger partial charge in [0.05, 0.1) is 47.3 Å². The quantitative estimate of drug-likeness (QED) is 0.407. The van der Waals surface area contributed by atoms with Gasteiger partial charge < -0.3 is 25.6 Å². The van der Waals surface area contributed by atoms with E-state index in [1.807, 2.05) is 39.8 Å². The summed E-state index contributed by atoms with van der Waals surface area (Å²) in [5, 5.41) is 3.62. The van der Waals surface area contributed by atoms with Crippen LogP contribution in [0.1, 0.15) is 6.92 Å². The summed E-state index contributed by atoms with van der Waals surface area (Å²) >= 11 is 6.44. The minimum atomic E-state index is 0.0843. The maximum Gasteiger partial charge on any atom is 0.227 e. The van der Waals surface area contributed by atoms with Crippen LogP contribution in [0.3, 0.4) is 0 Å². The number of nitrogens with zero attached hydrogens (tertiary/aromatic N) is 6. The number of nitrogens with two attached hydrogens (primary N) is 1. The molecule has 0 radical (unpaired) electrons. The summed E-state index contributed by atoms with van der Waals surface area (Å²) in [7, 11) is 1.60. The number of hydrogen-bond acceptors (Lipinski definition) is 8. The lowest BCUT2D eigenvalue weighted by molar-refractivity contribution is -0.129. The number of hydrogen-bond donors (Lipinski definition) is 2. The van der Waals surface area contributed by atoms with Crippen molar-refractivity contribution in [1.29, 1.82) is 0 Å². The van der Waals surface area contributed by atoms with Crippen molar-refractivity contribution < 1.29 is 9.53 Å². The Kier molecular flexibility index (Phi) is 6.04. The molecular weight excluding hydrogens is 468 g/mol. The first kappa shape index (κ1) is 22.7. The van der Waals surface area contributed by atoms with E-state index in [-0.39, 0.29) is 5.91 Å². The van der Waals surface area contributed by atoms with Crippen LogP contribution in [0.25, 0.3) is 17.0 Å². The zero-order valence-corrected chi connectivity index (χ0v) is 20.2. The lowest BCUT2D eigenvalue weighted by Crippen LogP contribution is -2.48. The Labute approximate surface area is 207 Å². The number of benzene rings is 1. The smallest absolute Gasteiger partial charge is 0.227 e. The average Bonchev–Trinajstić information content (AvgIpc) is 3.29. The Morgan fingerprint density at radius 3 is 2.69 bits per heavy atom. The average molecular weight is 493 g/mol. The summed E-state index contributed by atoms with van der Waals surface area (Å²) < 4.78 is 7.56. The van der Waals surface area contributed by atoms with Gasteiger partial charge in [-0.05, 0) is 18.2 Å². The van der Waals surface area contributed by atoms with E-state index in [0.29, 0.717) is 60.0 Å². The first-order valence-electron chi connectivity index (χ1n) is 11.1. The zero-order chi connectivity index (χ0) is 24.5. The standard InChI is InChI=1S/C24H25ClN8O2/c1-15(34)31-7-9-32(10-8-31)19-12-21(35-2)18(11-17(19)26)29-24-28-13-16(25)23(30-24)20-14-27-22-5-3-4-6-33(20)22/h3-6,11-14H,7-10,26H2,1-2H3,(H,28,29,30). The lowest BCUT2D eigenvalue weighted by Gasteiger charge is -2.36. The van der Waals surface area contributed by atoms with Crippen LogP contribution in [0.15, 0.2) is 48.9 Å². The highest BCUT2D eigenvalue weighted by atomic mass is 35.5. The molecule has 0 aliphatic carbocycles. The van der Waals surface area contributed by atoms with E-state index in [1.165, 1.54) is 0 Å². The molecule has 3 aromatic heterocycles. The highest BCUT2D eigenvalue weighted by molar-refractivity contribution is 6.32. The van der Waals surface area contributed by atoms with Crippen LogP contribution in [0.2, 0.25) is 5.02 Å². The fraction of sp³-hybridized carbons (Fsp3) is 0.250. The topological polar surface area (TPSA) is 114 Å². The number of pyridine rings is 1. The second-order valence-corrected chi connectivity index (χ2v) is 8.60. The number of nitrogens with one attached hydrogen (secondary N) is 1. The second-order valence-electron chi connectivity index (χ2n) is 8.19. The first-order valence-corrected chi connectivity index (χ1v) is 11.5. The van der Waals surface area contributed by atoms with Gasteiger partial charge in [-0.3, -0.25) is 9.20 Å². The molecule has 35 heavy (non-hydrogen) atoms. The van der Waals surface area contributed by atoms with Gasteiger partial charge in [0, 0.05) is 45.4 Å². The van der Waals surface area contributed by atoms with Crippen LogP contribution in [-0.4, -0.2) is 63.4 Å². The Morgan fingerprint density at radius 1 is 1.14 bits per heavy atom. The molecule has 180 valence electrons. The number of piperazine rings is 1. The maximum absolute atomic E-state index is 11.6. The lowest BCUT2D eigenvalue weighted by atomic mass is 10.1. The third kappa shape index (κ3) is 4.40. The van der Waals surface area contributed by atoms with Crippen molar-refractivity contribution in [3.8, 4) is 17.1 Å². The molecule has 1 aliphatic heterocycles. The molecule has 0 unspecified atom stereocenters. The Balaban J connectivity index is 1.43. The number of fused-ring (bicyclic) bond motifs is 1. The number of anilines is 4. The van der Waals surface area contributed by atoms with E-state index in [4.69, 9.17) is 22.1 Å². The molecule has 1 fully saturated rings. The Bertz CT molecular complexity index is 1400. The molecule has 4 heterocycles. The number of imidazole rings is 1. The van der Waals surface area contributed by atoms with Crippen molar-refractivity contribution in [3.63, 3.8) is 0 Å². The number of carbonyl (C=O) groups is 1. The van der Waals surface area contributed by atoms with Crippen molar-refractivity contribution in [2.45, 2.75) is 6.92 Å². The normalized spacial score (nSPS) is 13.8. The molecule has 4 aromatic rings. The Hall–Kier alpha value is -4.05. The van der Waals surface area contributed by atoms with Gasteiger partial charge in [-0.25, -0.2) is 15.0 Å². The van der Waals surface area contributed by atoms with Crippen LogP contribution in [-0.2, 0) is 4.79 Å². The van der Waals surface area contributed by atoms with Crippen molar-refractivity contribution in [2.24, 2.45) is 0 Å². The highest BCUT2D eigenvalue weighted by Gasteiger charge is 2.22. The fourth-order valence-corrected chi connectivity index (χ4v) is 4.41. The number of rotatable bonds is 5. The first-order chi connectivity index (χ1) is 16.9. The predicted molar refractivity (Wildman–Crippen MR) is 136 cm³/mol. The molecule has 1 aromatic carbocycles. The van der Waals surface area contributed by atoms with Crippen LogP contribution in [0, 0.1) is 0 Å². The second kappa shape index (κ2) is 9.30. The van der Waals surface area contributed by atoms with E-state index >= 15 is 0 Å². The molecule has 10 nitrogen and oxygen atoms in total. The van der Waals surface area contributed by atoms with E-state index in [9.17, 15) is 4.79 Å². The Morgan fingerprint density at radius 2 is 1.94 bits per heavy atom. The number of carbonyl (C=O) groups excluding carboxylic acids is 1. The van der Waals surface area contributed by atoms with Gasteiger partial charge >= 0.3 is 0 Å². The molecule has 0 spiro atoms. The summed E-state index contributed by atoms with van der Waals surface area (Å²) in [5.41, 5.74) is 10.6. The summed E-state index contributed by atoms with van der Waals surface area (Å²) in [5.74, 6) is 1.02. The number of amides is 1. The predicted octanol–water partition coefficient (Wildman–Crippen LogP) is 3.45. The van der Waals surface area contributed by atoms with Gasteiger partial charge in [0.2, 0.25) is 11.9 Å². The molecule has 1 saturated heterocycles. The van der Waals surface area contributed by atoms with Crippen LogP contribution in [0.5, 0.6) is 5.75 Å². The van der Waals surface area contributed by atoms with Crippen molar-refractivity contribution in [1.82, 2.24) is 24.3 Å². The monoisotopic (exact) mass is 492 g/mol. The molecule has 11 heteroatoms. The minimum absolute atomic E-state index is 0.0843. The van der Waals surface area contributed by atoms with E-state index in [2.05, 4.69) is 25.2 Å². The number of halogens is 1. The van der Waals surface area contributed by atoms with Gasteiger partial charge in [0.15, 0.2) is 0 Å². The zero-order valence-electron chi connectivity index (χ0n) is 19.4. The van der Waals surface area contributed by atoms with E-state index in [0.717, 1.165) is 17.0 Å². The maximum atomic E-state index is 11.6. The van der Waals surface area contributed by atoms with Gasteiger partial charge in [0.1, 0.15) is 17.1 Å². The van der Waals surface area contributed by atoms with Crippen LogP contribution < -0.4 is 20.7 Å². The van der Waals surface area contributed by atoms with Crippen molar-refractivity contribution in [2.75, 3.05) is 49.2 Å². The van der Waals surface area contributed by atoms with Crippen molar-refractivity contribution in [3.05, 3.63) is 53.9 Å². The third-order valence-corrected chi connectivity index (χ3v) is 6.34. The molecular formula is C24H25ClN8O2. The number of aromatic nitrogens is 4. The molecule has 5 rings (SSSR count). The van der Waals surface area contributed by atoms with Gasteiger partial charge in [-0.2, -0.15) is 0 Å². The molecule has 0 bridgehead atoms. The van der Waals surface area contributed by atoms with E-state index < -0.39 is 0 Å². The molecule has 1 aliphatic rings. The number of nitrogen functional groups attached to an aromatic ring is 1. The van der Waals surface area contributed by atoms with Gasteiger partial charge in [-0.15, -0.1) is 0 Å². The summed E-state index contributed by atoms with van der Waals surface area (Å²) in [6.45, 7) is 4.29. The molecule has 0 saturated carbocycles. The summed E-state index contributed by atoms with van der Waals surface area (Å²) in [4.78, 5) is 29.0. The van der Waals surface area contributed by atoms with Gasteiger partial charge in [0.25, 0.3) is 0 Å². The highest BCUT2D eigenvalue weighted by Crippen LogP contribution is 2.37. The van der Waals surface area contributed by atoms with Gasteiger partial charge in [-0.1, -0.05) is 17.7 Å². The largest absolute Gasteiger partial charge is 0.494 e. The molecule has 1 amide bonds. The van der Waals surface area contributed by atoms with E-state index in [1.54, 1.807) is 32.5 Å². The number of ether oxygens (including phenoxy) is 1. The van der Waals surface area contributed by atoms with Crippen LogP contribution in [0.4, 0.5) is 23.0 Å².